The van der Waals surface area contributed by atoms with Crippen LogP contribution in [0.5, 0.6) is 0 Å². The average molecular weight is 414 g/mol. The van der Waals surface area contributed by atoms with Gasteiger partial charge in [0, 0.05) is 26.2 Å². The Morgan fingerprint density at radius 1 is 1.17 bits per heavy atom. The molecular weight excluding hydrogens is 382 g/mol. The molecule has 0 spiro atoms. The van der Waals surface area contributed by atoms with Gasteiger partial charge in [0.15, 0.2) is 5.16 Å². The summed E-state index contributed by atoms with van der Waals surface area (Å²) in [6, 6.07) is 8.38. The zero-order chi connectivity index (χ0) is 20.8. The van der Waals surface area contributed by atoms with Crippen LogP contribution in [-0.4, -0.2) is 57.5 Å². The van der Waals surface area contributed by atoms with E-state index in [9.17, 15) is 4.79 Å². The summed E-state index contributed by atoms with van der Waals surface area (Å²) < 4.78 is 2.09. The summed E-state index contributed by atoms with van der Waals surface area (Å²) >= 11 is 1.45. The first-order valence-electron chi connectivity index (χ1n) is 10.3. The Kier molecular flexibility index (Phi) is 7.36. The lowest BCUT2D eigenvalue weighted by Gasteiger charge is -2.28. The van der Waals surface area contributed by atoms with E-state index in [0.717, 1.165) is 35.5 Å². The Morgan fingerprint density at radius 3 is 2.48 bits per heavy atom. The van der Waals surface area contributed by atoms with Gasteiger partial charge >= 0.3 is 0 Å². The number of nitrogens with zero attached hydrogens (tertiary/aromatic N) is 5. The minimum Gasteiger partial charge on any atom is -0.341 e. The molecule has 0 atom stereocenters. The first-order valence-corrected chi connectivity index (χ1v) is 11.3. The van der Waals surface area contributed by atoms with Crippen LogP contribution in [0.15, 0.2) is 41.6 Å². The third-order valence-corrected chi connectivity index (χ3v) is 5.98. The molecule has 2 aromatic rings. The van der Waals surface area contributed by atoms with Gasteiger partial charge in [0.25, 0.3) is 0 Å². The van der Waals surface area contributed by atoms with E-state index in [2.05, 4.69) is 57.4 Å². The van der Waals surface area contributed by atoms with Gasteiger partial charge in [-0.3, -0.25) is 9.36 Å². The van der Waals surface area contributed by atoms with Gasteiger partial charge in [-0.05, 0) is 52.2 Å². The van der Waals surface area contributed by atoms with Gasteiger partial charge in [-0.25, -0.2) is 0 Å². The molecule has 0 aliphatic carbocycles. The largest absolute Gasteiger partial charge is 0.341 e. The highest BCUT2D eigenvalue weighted by molar-refractivity contribution is 7.99. The number of rotatable bonds is 8. The molecule has 3 rings (SSSR count). The Bertz CT molecular complexity index is 839. The highest BCUT2D eigenvalue weighted by Gasteiger charge is 2.22. The summed E-state index contributed by atoms with van der Waals surface area (Å²) in [6.45, 7) is 13.2. The van der Waals surface area contributed by atoms with Gasteiger partial charge in [0.05, 0.1) is 11.4 Å². The van der Waals surface area contributed by atoms with E-state index in [1.165, 1.54) is 36.6 Å². The quantitative estimate of drug-likeness (QED) is 0.482. The normalized spacial score (nSPS) is 14.1. The molecule has 1 amide bonds. The number of thioether (sulfide) groups is 1. The molecule has 0 saturated carbocycles. The lowest BCUT2D eigenvalue weighted by atomic mass is 10.1. The van der Waals surface area contributed by atoms with Crippen LogP contribution in [-0.2, 0) is 4.79 Å². The van der Waals surface area contributed by atoms with E-state index in [1.54, 1.807) is 0 Å². The van der Waals surface area contributed by atoms with Gasteiger partial charge in [0.1, 0.15) is 0 Å². The lowest BCUT2D eigenvalue weighted by Crippen LogP contribution is -2.33. The van der Waals surface area contributed by atoms with Crippen molar-refractivity contribution >= 4 is 23.6 Å². The fourth-order valence-electron chi connectivity index (χ4n) is 3.49. The van der Waals surface area contributed by atoms with Crippen molar-refractivity contribution in [3.8, 4) is 5.69 Å². The van der Waals surface area contributed by atoms with E-state index in [1.807, 2.05) is 18.7 Å². The van der Waals surface area contributed by atoms with E-state index in [0.29, 0.717) is 18.8 Å². The lowest BCUT2D eigenvalue weighted by molar-refractivity contribution is -0.127. The van der Waals surface area contributed by atoms with Crippen LogP contribution in [0.3, 0.4) is 0 Å². The fraction of sp³-hybridized carbons (Fsp3) is 0.500. The number of likely N-dealkylation sites (N-methyl/N-ethyl adjacent to an activating group) is 1. The summed E-state index contributed by atoms with van der Waals surface area (Å²) in [6.07, 6.45) is 3.61. The first kappa shape index (κ1) is 21.4. The number of benzene rings is 1. The minimum atomic E-state index is 0.0958. The first-order chi connectivity index (χ1) is 14.0. The summed E-state index contributed by atoms with van der Waals surface area (Å²) in [5, 5.41) is 9.72. The Morgan fingerprint density at radius 2 is 1.86 bits per heavy atom. The van der Waals surface area contributed by atoms with Crippen molar-refractivity contribution in [1.82, 2.24) is 19.7 Å². The molecule has 0 bridgehead atoms. The summed E-state index contributed by atoms with van der Waals surface area (Å²) in [7, 11) is 0. The number of hydrogen-bond acceptors (Lipinski definition) is 5. The average Bonchev–Trinajstić information content (AvgIpc) is 3.15. The molecule has 7 heteroatoms. The fourth-order valence-corrected chi connectivity index (χ4v) is 4.34. The second-order valence-corrected chi connectivity index (χ2v) is 8.60. The Balaban J connectivity index is 1.84. The van der Waals surface area contributed by atoms with Crippen LogP contribution >= 0.6 is 11.8 Å². The molecule has 0 unspecified atom stereocenters. The van der Waals surface area contributed by atoms with Gasteiger partial charge in [-0.15, -0.1) is 10.2 Å². The summed E-state index contributed by atoms with van der Waals surface area (Å²) in [4.78, 5) is 16.8. The van der Waals surface area contributed by atoms with Gasteiger partial charge in [-0.1, -0.05) is 41.6 Å². The molecule has 1 fully saturated rings. The molecule has 2 heterocycles. The number of aryl methyl sites for hydroxylation is 1. The molecule has 1 aliphatic rings. The van der Waals surface area contributed by atoms with Crippen LogP contribution in [0.2, 0.25) is 0 Å². The zero-order valence-electron chi connectivity index (χ0n) is 17.7. The van der Waals surface area contributed by atoms with Crippen molar-refractivity contribution in [2.75, 3.05) is 36.8 Å². The summed E-state index contributed by atoms with van der Waals surface area (Å²) in [5.74, 6) is 1.31. The Labute approximate surface area is 178 Å². The third kappa shape index (κ3) is 5.41. The molecule has 0 N–H and O–H groups in total. The summed E-state index contributed by atoms with van der Waals surface area (Å²) in [5.41, 5.74) is 3.23. The number of carbonyl (C=O) groups excluding carboxylic acids is 1. The van der Waals surface area contributed by atoms with Gasteiger partial charge < -0.3 is 9.80 Å². The van der Waals surface area contributed by atoms with Crippen LogP contribution < -0.4 is 4.90 Å². The van der Waals surface area contributed by atoms with Crippen molar-refractivity contribution < 1.29 is 4.79 Å². The van der Waals surface area contributed by atoms with Crippen LogP contribution in [0.4, 0.5) is 5.95 Å². The topological polar surface area (TPSA) is 54.3 Å². The molecule has 1 saturated heterocycles. The van der Waals surface area contributed by atoms with Crippen LogP contribution in [0, 0.1) is 6.92 Å². The smallest absolute Gasteiger partial charge is 0.233 e. The maximum absolute atomic E-state index is 12.7. The molecule has 156 valence electrons. The van der Waals surface area contributed by atoms with Crippen molar-refractivity contribution in [3.05, 3.63) is 42.0 Å². The Hall–Kier alpha value is -2.28. The number of aromatic nitrogens is 3. The second-order valence-electron chi connectivity index (χ2n) is 7.65. The number of amides is 1. The predicted octanol–water partition coefficient (Wildman–Crippen LogP) is 4.08. The van der Waals surface area contributed by atoms with Crippen molar-refractivity contribution in [1.29, 1.82) is 0 Å². The molecule has 29 heavy (non-hydrogen) atoms. The number of piperidine rings is 1. The molecule has 1 aromatic carbocycles. The number of anilines is 1. The standard InChI is InChI=1S/C22H31N5OS/c1-5-25(15-17(2)3)20(28)16-29-22-24-23-21(26-13-7-6-8-14-26)27(22)19-11-9-18(4)10-12-19/h9-12H,2,5-8,13-16H2,1,3-4H3. The van der Waals surface area contributed by atoms with E-state index in [4.69, 9.17) is 0 Å². The van der Waals surface area contributed by atoms with Gasteiger partial charge in [0.2, 0.25) is 11.9 Å². The van der Waals surface area contributed by atoms with Crippen molar-refractivity contribution in [3.63, 3.8) is 0 Å². The van der Waals surface area contributed by atoms with E-state index in [-0.39, 0.29) is 5.91 Å². The molecule has 6 nitrogen and oxygen atoms in total. The van der Waals surface area contributed by atoms with E-state index >= 15 is 0 Å². The number of carbonyl (C=O) groups is 1. The highest BCUT2D eigenvalue weighted by Crippen LogP contribution is 2.28. The maximum atomic E-state index is 12.7. The predicted molar refractivity (Wildman–Crippen MR) is 120 cm³/mol. The molecule has 1 aromatic heterocycles. The van der Waals surface area contributed by atoms with Crippen LogP contribution in [0.1, 0.15) is 38.7 Å². The number of hydrogen-bond donors (Lipinski definition) is 0. The second kappa shape index (κ2) is 9.96. The maximum Gasteiger partial charge on any atom is 0.233 e. The van der Waals surface area contributed by atoms with Crippen molar-refractivity contribution in [2.24, 2.45) is 0 Å². The zero-order valence-corrected chi connectivity index (χ0v) is 18.5. The third-order valence-electron chi connectivity index (χ3n) is 5.07. The van der Waals surface area contributed by atoms with Crippen LogP contribution in [0.25, 0.3) is 5.69 Å². The molecule has 1 aliphatic heterocycles. The van der Waals surface area contributed by atoms with Crippen molar-refractivity contribution in [2.45, 2.75) is 45.2 Å². The molecular formula is C22H31N5OS. The van der Waals surface area contributed by atoms with E-state index < -0.39 is 0 Å². The minimum absolute atomic E-state index is 0.0958. The highest BCUT2D eigenvalue weighted by atomic mass is 32.2. The molecule has 0 radical (unpaired) electrons. The monoisotopic (exact) mass is 413 g/mol. The SMILES string of the molecule is C=C(C)CN(CC)C(=O)CSc1nnc(N2CCCCC2)n1-c1ccc(C)cc1. The van der Waals surface area contributed by atoms with Gasteiger partial charge in [-0.2, -0.15) is 0 Å².